The molecule has 9 heteroatoms. The lowest BCUT2D eigenvalue weighted by Crippen LogP contribution is -2.28. The van der Waals surface area contributed by atoms with Crippen molar-refractivity contribution in [2.75, 3.05) is 26.2 Å². The monoisotopic (exact) mass is 499 g/mol. The van der Waals surface area contributed by atoms with E-state index >= 15 is 0 Å². The lowest BCUT2D eigenvalue weighted by atomic mass is 10.1. The van der Waals surface area contributed by atoms with Crippen molar-refractivity contribution < 1.29 is 27.4 Å². The molecule has 1 fully saturated rings. The molecule has 1 unspecified atom stereocenters. The summed E-state index contributed by atoms with van der Waals surface area (Å²) in [5.74, 6) is 0.388. The van der Waals surface area contributed by atoms with Crippen LogP contribution in [0.5, 0.6) is 17.2 Å². The minimum absolute atomic E-state index is 0.339. The van der Waals surface area contributed by atoms with E-state index in [9.17, 15) is 13.2 Å². The van der Waals surface area contributed by atoms with E-state index in [1.165, 1.54) is 32.3 Å². The molecule has 0 radical (unpaired) electrons. The fourth-order valence-corrected chi connectivity index (χ4v) is 5.91. The van der Waals surface area contributed by atoms with Crippen LogP contribution >= 0.6 is 11.6 Å². The highest BCUT2D eigenvalue weighted by atomic mass is 35.5. The van der Waals surface area contributed by atoms with Crippen molar-refractivity contribution in [1.82, 2.24) is 0 Å². The van der Waals surface area contributed by atoms with Gasteiger partial charge in [-0.1, -0.05) is 41.9 Å². The Balaban J connectivity index is 1.91. The Labute approximate surface area is 203 Å². The molecule has 1 aliphatic heterocycles. The molecule has 3 aromatic carbocycles. The maximum atomic E-state index is 13.7. The number of nitrogens with zero attached hydrogens (tertiary/aromatic N) is 1. The molecular weight excluding hydrogens is 478 g/mol. The average Bonchev–Trinajstić information content (AvgIpc) is 3.04. The Morgan fingerprint density at radius 2 is 1.47 bits per heavy atom. The van der Waals surface area contributed by atoms with Gasteiger partial charge in [0.2, 0.25) is 15.6 Å². The quantitative estimate of drug-likeness (QED) is 0.450. The Hall–Kier alpha value is -3.49. The standard InChI is InChI=1S/C25H22ClNO6S/c1-31-20-13-16(14-21(32-2)23(20)33-3)15-22-24(28)27(19-11-9-18(26)10-12-19)25(34(22,29)30)17-7-5-4-6-8-17/h4-15,25H,1-3H3. The average molecular weight is 500 g/mol. The van der Waals surface area contributed by atoms with Crippen molar-refractivity contribution in [1.29, 1.82) is 0 Å². The van der Waals surface area contributed by atoms with Gasteiger partial charge in [0.25, 0.3) is 5.91 Å². The molecule has 0 spiro atoms. The van der Waals surface area contributed by atoms with E-state index in [1.54, 1.807) is 66.7 Å². The predicted molar refractivity (Wildman–Crippen MR) is 131 cm³/mol. The van der Waals surface area contributed by atoms with Crippen LogP contribution in [0.15, 0.2) is 71.6 Å². The maximum absolute atomic E-state index is 13.7. The molecule has 1 heterocycles. The van der Waals surface area contributed by atoms with E-state index in [0.29, 0.717) is 39.1 Å². The summed E-state index contributed by atoms with van der Waals surface area (Å²) in [6.45, 7) is 0. The van der Waals surface area contributed by atoms with Gasteiger partial charge in [-0.05, 0) is 53.6 Å². The van der Waals surface area contributed by atoms with Gasteiger partial charge in [-0.2, -0.15) is 0 Å². The highest BCUT2D eigenvalue weighted by Crippen LogP contribution is 2.45. The first-order valence-corrected chi connectivity index (χ1v) is 12.1. The Morgan fingerprint density at radius 3 is 2.00 bits per heavy atom. The minimum atomic E-state index is -4.10. The molecule has 0 N–H and O–H groups in total. The number of hydrogen-bond acceptors (Lipinski definition) is 6. The first-order chi connectivity index (χ1) is 16.3. The van der Waals surface area contributed by atoms with Crippen LogP contribution in [0.2, 0.25) is 5.02 Å². The van der Waals surface area contributed by atoms with Crippen LogP contribution in [0.4, 0.5) is 5.69 Å². The van der Waals surface area contributed by atoms with Crippen molar-refractivity contribution in [2.45, 2.75) is 5.37 Å². The summed E-state index contributed by atoms with van der Waals surface area (Å²) in [6.07, 6.45) is 1.33. The number of amides is 1. The third-order valence-electron chi connectivity index (χ3n) is 5.44. The number of hydrogen-bond donors (Lipinski definition) is 0. The lowest BCUT2D eigenvalue weighted by Gasteiger charge is -2.23. The van der Waals surface area contributed by atoms with Crippen LogP contribution in [0, 0.1) is 0 Å². The number of rotatable bonds is 6. The largest absolute Gasteiger partial charge is 0.493 e. The molecule has 3 aromatic rings. The first kappa shape index (κ1) is 23.7. The van der Waals surface area contributed by atoms with Gasteiger partial charge >= 0.3 is 0 Å². The van der Waals surface area contributed by atoms with Crippen molar-refractivity contribution in [3.63, 3.8) is 0 Å². The van der Waals surface area contributed by atoms with Crippen LogP contribution in [0.1, 0.15) is 16.5 Å². The van der Waals surface area contributed by atoms with E-state index in [4.69, 9.17) is 25.8 Å². The fraction of sp³-hybridized carbons (Fsp3) is 0.160. The summed E-state index contributed by atoms with van der Waals surface area (Å²) in [7, 11) is 0.287. The van der Waals surface area contributed by atoms with E-state index in [1.807, 2.05) is 0 Å². The molecule has 0 aliphatic carbocycles. The van der Waals surface area contributed by atoms with Gasteiger partial charge in [0.15, 0.2) is 16.9 Å². The number of carbonyl (C=O) groups excluding carboxylic acids is 1. The van der Waals surface area contributed by atoms with Crippen LogP contribution in [-0.2, 0) is 14.6 Å². The highest BCUT2D eigenvalue weighted by Gasteiger charge is 2.50. The molecule has 0 aromatic heterocycles. The summed E-state index contributed by atoms with van der Waals surface area (Å²) in [5, 5.41) is -0.752. The van der Waals surface area contributed by atoms with Gasteiger partial charge in [-0.15, -0.1) is 0 Å². The number of halogens is 1. The van der Waals surface area contributed by atoms with Crippen molar-refractivity contribution in [3.8, 4) is 17.2 Å². The molecule has 1 amide bonds. The second kappa shape index (κ2) is 9.40. The van der Waals surface area contributed by atoms with Crippen LogP contribution in [-0.4, -0.2) is 35.7 Å². The van der Waals surface area contributed by atoms with E-state index < -0.39 is 21.1 Å². The van der Waals surface area contributed by atoms with Crippen molar-refractivity contribution in [2.24, 2.45) is 0 Å². The SMILES string of the molecule is COc1cc(C=C2C(=O)N(c3ccc(Cl)cc3)C(c3ccccc3)S2(=O)=O)cc(OC)c1OC. The van der Waals surface area contributed by atoms with Gasteiger partial charge < -0.3 is 14.2 Å². The second-order valence-corrected chi connectivity index (χ2v) is 9.84. The van der Waals surface area contributed by atoms with Crippen LogP contribution in [0.3, 0.4) is 0 Å². The smallest absolute Gasteiger partial charge is 0.271 e. The normalized spacial score (nSPS) is 18.2. The fourth-order valence-electron chi connectivity index (χ4n) is 3.89. The topological polar surface area (TPSA) is 82.1 Å². The zero-order chi connectivity index (χ0) is 24.5. The van der Waals surface area contributed by atoms with Crippen molar-refractivity contribution >= 4 is 39.1 Å². The summed E-state index contributed by atoms with van der Waals surface area (Å²) >= 11 is 6.01. The number of anilines is 1. The molecule has 4 rings (SSSR count). The minimum Gasteiger partial charge on any atom is -0.493 e. The molecule has 1 atom stereocenters. The third kappa shape index (κ3) is 4.10. The highest BCUT2D eigenvalue weighted by molar-refractivity contribution is 7.97. The van der Waals surface area contributed by atoms with E-state index in [2.05, 4.69) is 0 Å². The summed E-state index contributed by atoms with van der Waals surface area (Å²) in [4.78, 5) is 14.5. The molecule has 0 saturated carbocycles. The first-order valence-electron chi connectivity index (χ1n) is 10.2. The molecule has 0 bridgehead atoms. The van der Waals surface area contributed by atoms with Crippen LogP contribution < -0.4 is 19.1 Å². The molecule has 34 heavy (non-hydrogen) atoms. The third-order valence-corrected chi connectivity index (χ3v) is 7.67. The predicted octanol–water partition coefficient (Wildman–Crippen LogP) is 4.87. The number of benzene rings is 3. The number of ether oxygens (including phenoxy) is 3. The zero-order valence-corrected chi connectivity index (χ0v) is 20.3. The molecule has 1 aliphatic rings. The Bertz CT molecular complexity index is 1330. The van der Waals surface area contributed by atoms with Crippen molar-refractivity contribution in [3.05, 3.63) is 87.8 Å². The second-order valence-electron chi connectivity index (χ2n) is 7.43. The molecular formula is C25H22ClNO6S. The summed E-state index contributed by atoms with van der Waals surface area (Å²) in [6, 6.07) is 18.2. The van der Waals surface area contributed by atoms with Gasteiger partial charge in [-0.3, -0.25) is 9.69 Å². The number of carbonyl (C=O) groups is 1. The number of sulfone groups is 1. The Morgan fingerprint density at radius 1 is 0.882 bits per heavy atom. The van der Waals surface area contributed by atoms with E-state index in [0.717, 1.165) is 0 Å². The summed E-state index contributed by atoms with van der Waals surface area (Å²) < 4.78 is 43.6. The molecule has 7 nitrogen and oxygen atoms in total. The molecule has 1 saturated heterocycles. The van der Waals surface area contributed by atoms with Gasteiger partial charge in [0, 0.05) is 10.7 Å². The van der Waals surface area contributed by atoms with Gasteiger partial charge in [0.1, 0.15) is 4.91 Å². The zero-order valence-electron chi connectivity index (χ0n) is 18.7. The molecule has 176 valence electrons. The Kier molecular flexibility index (Phi) is 6.54. The van der Waals surface area contributed by atoms with Gasteiger partial charge in [0.05, 0.1) is 21.3 Å². The van der Waals surface area contributed by atoms with Crippen LogP contribution in [0.25, 0.3) is 6.08 Å². The lowest BCUT2D eigenvalue weighted by molar-refractivity contribution is -0.114. The maximum Gasteiger partial charge on any atom is 0.271 e. The summed E-state index contributed by atoms with van der Waals surface area (Å²) in [5.41, 5.74) is 1.30. The number of methoxy groups -OCH3 is 3. The van der Waals surface area contributed by atoms with Gasteiger partial charge in [-0.25, -0.2) is 8.42 Å². The van der Waals surface area contributed by atoms with E-state index in [-0.39, 0.29) is 4.91 Å².